The Morgan fingerprint density at radius 2 is 1.71 bits per heavy atom. The summed E-state index contributed by atoms with van der Waals surface area (Å²) in [5.41, 5.74) is 0. The summed E-state index contributed by atoms with van der Waals surface area (Å²) < 4.78 is 0.0180. The first-order valence-electron chi connectivity index (χ1n) is 7.56. The van der Waals surface area contributed by atoms with E-state index in [2.05, 4.69) is 14.9 Å². The molecule has 5 nitrogen and oxygen atoms in total. The molecule has 21 heavy (non-hydrogen) atoms. The van der Waals surface area contributed by atoms with Gasteiger partial charge in [-0.1, -0.05) is 23.2 Å². The molecule has 1 aromatic heterocycles. The topological polar surface area (TPSA) is 52.1 Å². The van der Waals surface area contributed by atoms with Crippen molar-refractivity contribution in [1.82, 2.24) is 9.97 Å². The van der Waals surface area contributed by atoms with Crippen molar-refractivity contribution in [3.63, 3.8) is 0 Å². The molecule has 0 radical (unpaired) electrons. The maximum Gasteiger partial charge on any atom is 0.228 e. The van der Waals surface area contributed by atoms with Crippen molar-refractivity contribution in [3.8, 4) is 0 Å². The van der Waals surface area contributed by atoms with Crippen LogP contribution in [0.2, 0.25) is 10.3 Å². The Balaban J connectivity index is 1.57. The van der Waals surface area contributed by atoms with Gasteiger partial charge in [-0.2, -0.15) is 0 Å². The average molecular weight is 331 g/mol. The van der Waals surface area contributed by atoms with Gasteiger partial charge in [-0.15, -0.1) is 0 Å². The standard InChI is InChI=1S/C14H20Cl2N4O/c15-12-9-13(16)18-14(17-12)19-5-3-11(4-6-19)10-20(21)7-1-2-8-20/h9,11H,1-8,10H2. The van der Waals surface area contributed by atoms with Gasteiger partial charge < -0.3 is 14.8 Å². The predicted octanol–water partition coefficient (Wildman–Crippen LogP) is 3.11. The lowest BCUT2D eigenvalue weighted by Crippen LogP contribution is -2.46. The zero-order valence-corrected chi connectivity index (χ0v) is 13.5. The molecular formula is C14H20Cl2N4O. The number of hydroxylamine groups is 3. The van der Waals surface area contributed by atoms with Crippen LogP contribution in [0.4, 0.5) is 5.95 Å². The van der Waals surface area contributed by atoms with E-state index in [-0.39, 0.29) is 4.65 Å². The van der Waals surface area contributed by atoms with Crippen LogP contribution >= 0.6 is 23.2 Å². The lowest BCUT2D eigenvalue weighted by atomic mass is 9.96. The highest BCUT2D eigenvalue weighted by Crippen LogP contribution is 2.27. The zero-order chi connectivity index (χ0) is 14.9. The Bertz CT molecular complexity index is 479. The molecule has 2 saturated heterocycles. The van der Waals surface area contributed by atoms with Crippen molar-refractivity contribution in [3.05, 3.63) is 21.6 Å². The van der Waals surface area contributed by atoms with Crippen LogP contribution in [0.5, 0.6) is 0 Å². The predicted molar refractivity (Wildman–Crippen MR) is 84.5 cm³/mol. The summed E-state index contributed by atoms with van der Waals surface area (Å²) >= 11 is 11.8. The van der Waals surface area contributed by atoms with E-state index in [0.29, 0.717) is 22.2 Å². The summed E-state index contributed by atoms with van der Waals surface area (Å²) in [7, 11) is 0. The summed E-state index contributed by atoms with van der Waals surface area (Å²) in [5, 5.41) is 13.2. The molecule has 0 atom stereocenters. The fourth-order valence-electron chi connectivity index (χ4n) is 3.40. The first kappa shape index (κ1) is 15.3. The van der Waals surface area contributed by atoms with E-state index < -0.39 is 0 Å². The third kappa shape index (κ3) is 3.77. The Kier molecular flexibility index (Phi) is 4.54. The van der Waals surface area contributed by atoms with Crippen LogP contribution in [0.1, 0.15) is 25.7 Å². The van der Waals surface area contributed by atoms with Crippen LogP contribution in [0.3, 0.4) is 0 Å². The van der Waals surface area contributed by atoms with Crippen LogP contribution < -0.4 is 4.90 Å². The SMILES string of the molecule is [O-][N+]1(CC2CCN(c3nc(Cl)cc(Cl)n3)CC2)CCCC1. The van der Waals surface area contributed by atoms with Gasteiger partial charge in [0.1, 0.15) is 10.3 Å². The number of nitrogens with zero attached hydrogens (tertiary/aromatic N) is 4. The van der Waals surface area contributed by atoms with E-state index in [1.165, 1.54) is 6.07 Å². The van der Waals surface area contributed by atoms with Gasteiger partial charge in [0.15, 0.2) is 0 Å². The van der Waals surface area contributed by atoms with Gasteiger partial charge in [0, 0.05) is 37.9 Å². The highest BCUT2D eigenvalue weighted by Gasteiger charge is 2.30. The van der Waals surface area contributed by atoms with Gasteiger partial charge in [-0.3, -0.25) is 0 Å². The second-order valence-electron chi connectivity index (χ2n) is 6.14. The summed E-state index contributed by atoms with van der Waals surface area (Å²) in [6, 6.07) is 1.54. The van der Waals surface area contributed by atoms with Crippen molar-refractivity contribution >= 4 is 29.2 Å². The molecule has 0 spiro atoms. The third-order valence-corrected chi connectivity index (χ3v) is 4.91. The number of quaternary nitrogens is 1. The van der Waals surface area contributed by atoms with Crippen LogP contribution in [0, 0.1) is 11.1 Å². The van der Waals surface area contributed by atoms with Gasteiger partial charge in [-0.25, -0.2) is 9.97 Å². The van der Waals surface area contributed by atoms with Gasteiger partial charge >= 0.3 is 0 Å². The van der Waals surface area contributed by atoms with Crippen LogP contribution in [0.25, 0.3) is 0 Å². The van der Waals surface area contributed by atoms with E-state index >= 15 is 0 Å². The Hall–Kier alpha value is -0.620. The molecule has 1 aromatic rings. The van der Waals surface area contributed by atoms with E-state index in [1.807, 2.05) is 0 Å². The molecule has 0 bridgehead atoms. The van der Waals surface area contributed by atoms with Crippen LogP contribution in [-0.4, -0.2) is 47.3 Å². The van der Waals surface area contributed by atoms with Gasteiger partial charge in [0.25, 0.3) is 0 Å². The highest BCUT2D eigenvalue weighted by atomic mass is 35.5. The number of anilines is 1. The summed E-state index contributed by atoms with van der Waals surface area (Å²) in [4.78, 5) is 10.6. The molecule has 7 heteroatoms. The van der Waals surface area contributed by atoms with E-state index in [9.17, 15) is 5.21 Å². The minimum absolute atomic E-state index is 0.0180. The first-order valence-corrected chi connectivity index (χ1v) is 8.32. The first-order chi connectivity index (χ1) is 10.0. The fourth-order valence-corrected chi connectivity index (χ4v) is 3.81. The highest BCUT2D eigenvalue weighted by molar-refractivity contribution is 6.33. The van der Waals surface area contributed by atoms with E-state index in [4.69, 9.17) is 23.2 Å². The van der Waals surface area contributed by atoms with Crippen molar-refractivity contribution in [2.24, 2.45) is 5.92 Å². The van der Waals surface area contributed by atoms with Crippen molar-refractivity contribution < 1.29 is 4.65 Å². The monoisotopic (exact) mass is 330 g/mol. The minimum Gasteiger partial charge on any atom is -0.633 e. The minimum atomic E-state index is 0.0180. The smallest absolute Gasteiger partial charge is 0.228 e. The lowest BCUT2D eigenvalue weighted by Gasteiger charge is -2.43. The zero-order valence-electron chi connectivity index (χ0n) is 12.0. The largest absolute Gasteiger partial charge is 0.633 e. The Labute approximate surface area is 135 Å². The fraction of sp³-hybridized carbons (Fsp3) is 0.714. The second-order valence-corrected chi connectivity index (χ2v) is 6.91. The maximum atomic E-state index is 12.5. The molecule has 3 heterocycles. The van der Waals surface area contributed by atoms with E-state index in [0.717, 1.165) is 58.4 Å². The second kappa shape index (κ2) is 6.24. The number of aromatic nitrogens is 2. The number of likely N-dealkylation sites (tertiary alicyclic amines) is 1. The number of piperidine rings is 1. The lowest BCUT2D eigenvalue weighted by molar-refractivity contribution is -0.871. The number of hydrogen-bond acceptors (Lipinski definition) is 4. The van der Waals surface area contributed by atoms with Crippen LogP contribution in [0.15, 0.2) is 6.07 Å². The van der Waals surface area contributed by atoms with Crippen molar-refractivity contribution in [1.29, 1.82) is 0 Å². The summed E-state index contributed by atoms with van der Waals surface area (Å²) in [6.45, 7) is 4.09. The van der Waals surface area contributed by atoms with Gasteiger partial charge in [0.05, 0.1) is 19.6 Å². The number of hydrogen-bond donors (Lipinski definition) is 0. The molecule has 0 aliphatic carbocycles. The third-order valence-electron chi connectivity index (χ3n) is 4.52. The normalized spacial score (nSPS) is 22.7. The van der Waals surface area contributed by atoms with Gasteiger partial charge in [-0.05, 0) is 12.8 Å². The molecule has 2 aliphatic heterocycles. The molecule has 0 saturated carbocycles. The molecule has 0 N–H and O–H groups in total. The molecule has 0 unspecified atom stereocenters. The molecule has 3 rings (SSSR count). The van der Waals surface area contributed by atoms with Crippen molar-refractivity contribution in [2.45, 2.75) is 25.7 Å². The maximum absolute atomic E-state index is 12.5. The molecule has 0 amide bonds. The number of rotatable bonds is 3. The average Bonchev–Trinajstić information content (AvgIpc) is 2.85. The summed E-state index contributed by atoms with van der Waals surface area (Å²) in [6.07, 6.45) is 4.18. The Morgan fingerprint density at radius 1 is 1.14 bits per heavy atom. The van der Waals surface area contributed by atoms with Crippen molar-refractivity contribution in [2.75, 3.05) is 37.6 Å². The quantitative estimate of drug-likeness (QED) is 0.485. The number of halogens is 2. The molecule has 2 aliphatic rings. The summed E-state index contributed by atoms with van der Waals surface area (Å²) in [5.74, 6) is 1.10. The van der Waals surface area contributed by atoms with E-state index in [1.54, 1.807) is 0 Å². The molecular weight excluding hydrogens is 311 g/mol. The van der Waals surface area contributed by atoms with Crippen LogP contribution in [-0.2, 0) is 0 Å². The molecule has 2 fully saturated rings. The molecule has 0 aromatic carbocycles. The molecule has 116 valence electrons. The Morgan fingerprint density at radius 3 is 2.29 bits per heavy atom. The van der Waals surface area contributed by atoms with Gasteiger partial charge in [0.2, 0.25) is 5.95 Å².